The van der Waals surface area contributed by atoms with E-state index in [1.165, 1.54) is 11.3 Å². The van der Waals surface area contributed by atoms with Crippen LogP contribution in [-0.2, 0) is 6.42 Å². The first-order valence-corrected chi connectivity index (χ1v) is 7.70. The maximum Gasteiger partial charge on any atom is 0.133 e. The van der Waals surface area contributed by atoms with Crippen molar-refractivity contribution in [3.63, 3.8) is 0 Å². The predicted octanol–water partition coefficient (Wildman–Crippen LogP) is 3.92. The normalized spacial score (nSPS) is 15.7. The number of aliphatic hydroxyl groups excluding tert-OH is 1. The summed E-state index contributed by atoms with van der Waals surface area (Å²) in [5.41, 5.74) is 4.70. The zero-order chi connectivity index (χ0) is 14.8. The van der Waals surface area contributed by atoms with Crippen LogP contribution in [0.5, 0.6) is 0 Å². The van der Waals surface area contributed by atoms with Crippen molar-refractivity contribution in [1.29, 1.82) is 0 Å². The highest BCUT2D eigenvalue weighted by Gasteiger charge is 2.19. The van der Waals surface area contributed by atoms with E-state index in [9.17, 15) is 5.11 Å². The van der Waals surface area contributed by atoms with Gasteiger partial charge in [-0.2, -0.15) is 0 Å². The second kappa shape index (κ2) is 5.86. The zero-order valence-electron chi connectivity index (χ0n) is 12.7. The summed E-state index contributed by atoms with van der Waals surface area (Å²) in [5, 5.41) is 10.0. The van der Waals surface area contributed by atoms with Crippen molar-refractivity contribution in [3.05, 3.63) is 53.2 Å². The van der Waals surface area contributed by atoms with Crippen LogP contribution in [0.15, 0.2) is 36.5 Å². The fraction of sp³-hybridized carbons (Fsp3) is 0.389. The van der Waals surface area contributed by atoms with Crippen molar-refractivity contribution in [3.8, 4) is 0 Å². The molecule has 0 aliphatic carbocycles. The van der Waals surface area contributed by atoms with Gasteiger partial charge in [0, 0.05) is 24.0 Å². The number of anilines is 2. The molecule has 0 spiro atoms. The highest BCUT2D eigenvalue weighted by Crippen LogP contribution is 2.33. The quantitative estimate of drug-likeness (QED) is 0.927. The van der Waals surface area contributed by atoms with Gasteiger partial charge in [-0.1, -0.05) is 25.1 Å². The molecule has 0 amide bonds. The van der Waals surface area contributed by atoms with E-state index in [1.807, 2.05) is 13.1 Å². The molecule has 1 aromatic carbocycles. The van der Waals surface area contributed by atoms with Crippen molar-refractivity contribution in [2.45, 2.75) is 39.2 Å². The third-order valence-electron chi connectivity index (χ3n) is 4.27. The first-order chi connectivity index (χ1) is 10.2. The van der Waals surface area contributed by atoms with Crippen LogP contribution in [0.2, 0.25) is 0 Å². The van der Waals surface area contributed by atoms with E-state index in [0.717, 1.165) is 36.3 Å². The summed E-state index contributed by atoms with van der Waals surface area (Å²) < 4.78 is 0. The van der Waals surface area contributed by atoms with Crippen LogP contribution in [0.1, 0.15) is 42.6 Å². The summed E-state index contributed by atoms with van der Waals surface area (Å²) in [6.45, 7) is 5.03. The summed E-state index contributed by atoms with van der Waals surface area (Å²) in [6, 6.07) is 10.6. The minimum atomic E-state index is -0.416. The average molecular weight is 282 g/mol. The summed E-state index contributed by atoms with van der Waals surface area (Å²) in [7, 11) is 0. The van der Waals surface area contributed by atoms with Gasteiger partial charge < -0.3 is 10.0 Å². The first-order valence-electron chi connectivity index (χ1n) is 7.70. The Morgan fingerprint density at radius 3 is 2.90 bits per heavy atom. The number of aliphatic hydroxyl groups is 1. The number of benzene rings is 1. The molecule has 0 fully saturated rings. The number of aromatic nitrogens is 1. The number of para-hydroxylation sites is 1. The summed E-state index contributed by atoms with van der Waals surface area (Å²) in [4.78, 5) is 6.88. The molecule has 1 aromatic heterocycles. The molecular weight excluding hydrogens is 260 g/mol. The number of fused-ring (bicyclic) bond motifs is 1. The Bertz CT molecular complexity index is 639. The largest absolute Gasteiger partial charge is 0.388 e. The first kappa shape index (κ1) is 14.1. The lowest BCUT2D eigenvalue weighted by atomic mass is 10.0. The van der Waals surface area contributed by atoms with Crippen LogP contribution < -0.4 is 4.90 Å². The van der Waals surface area contributed by atoms with Crippen LogP contribution in [0.4, 0.5) is 11.5 Å². The molecule has 1 aliphatic heterocycles. The lowest BCUT2D eigenvalue weighted by Crippen LogP contribution is -2.25. The van der Waals surface area contributed by atoms with Gasteiger partial charge in [0.05, 0.1) is 6.10 Å². The fourth-order valence-electron chi connectivity index (χ4n) is 3.04. The van der Waals surface area contributed by atoms with E-state index >= 15 is 0 Å². The zero-order valence-corrected chi connectivity index (χ0v) is 12.7. The Balaban J connectivity index is 1.97. The topological polar surface area (TPSA) is 36.4 Å². The highest BCUT2D eigenvalue weighted by molar-refractivity contribution is 5.65. The standard InChI is InChI=1S/C18H22N2O/c1-3-17(21)15-12-19-18(11-13(15)2)20-10-6-8-14-7-4-5-9-16(14)20/h4-5,7,9,11-12,17,21H,3,6,8,10H2,1-2H3/t17-/m1/s1. The molecule has 3 heteroatoms. The van der Waals surface area contributed by atoms with Gasteiger partial charge in [0.2, 0.25) is 0 Å². The molecule has 0 saturated carbocycles. The van der Waals surface area contributed by atoms with Crippen molar-refractivity contribution >= 4 is 11.5 Å². The summed E-state index contributed by atoms with van der Waals surface area (Å²) >= 11 is 0. The number of pyridine rings is 1. The number of nitrogens with zero attached hydrogens (tertiary/aromatic N) is 2. The van der Waals surface area contributed by atoms with E-state index in [-0.39, 0.29) is 0 Å². The SMILES string of the molecule is CC[C@@H](O)c1cnc(N2CCCc3ccccc32)cc1C. The second-order valence-electron chi connectivity index (χ2n) is 5.71. The van der Waals surface area contributed by atoms with E-state index in [1.54, 1.807) is 0 Å². The van der Waals surface area contributed by atoms with Crippen molar-refractivity contribution in [2.24, 2.45) is 0 Å². The van der Waals surface area contributed by atoms with Gasteiger partial charge in [-0.3, -0.25) is 0 Å². The second-order valence-corrected chi connectivity index (χ2v) is 5.71. The fourth-order valence-corrected chi connectivity index (χ4v) is 3.04. The third-order valence-corrected chi connectivity index (χ3v) is 4.27. The number of hydrogen-bond acceptors (Lipinski definition) is 3. The molecule has 0 radical (unpaired) electrons. The lowest BCUT2D eigenvalue weighted by Gasteiger charge is -2.31. The molecule has 110 valence electrons. The van der Waals surface area contributed by atoms with Gasteiger partial charge in [0.15, 0.2) is 0 Å². The lowest BCUT2D eigenvalue weighted by molar-refractivity contribution is 0.172. The van der Waals surface area contributed by atoms with Gasteiger partial charge in [-0.15, -0.1) is 0 Å². The Kier molecular flexibility index (Phi) is 3.93. The molecule has 2 heterocycles. The Morgan fingerprint density at radius 2 is 2.14 bits per heavy atom. The van der Waals surface area contributed by atoms with Crippen molar-refractivity contribution in [2.75, 3.05) is 11.4 Å². The maximum absolute atomic E-state index is 10.0. The van der Waals surface area contributed by atoms with E-state index in [2.05, 4.69) is 47.1 Å². The van der Waals surface area contributed by atoms with Gasteiger partial charge in [0.1, 0.15) is 5.82 Å². The van der Waals surface area contributed by atoms with Gasteiger partial charge in [-0.05, 0) is 49.4 Å². The van der Waals surface area contributed by atoms with Crippen molar-refractivity contribution in [1.82, 2.24) is 4.98 Å². The molecule has 3 nitrogen and oxygen atoms in total. The molecule has 21 heavy (non-hydrogen) atoms. The molecule has 0 unspecified atom stereocenters. The summed E-state index contributed by atoms with van der Waals surface area (Å²) in [6.07, 6.45) is 4.42. The smallest absolute Gasteiger partial charge is 0.133 e. The molecule has 0 bridgehead atoms. The van der Waals surface area contributed by atoms with E-state index in [4.69, 9.17) is 0 Å². The number of aryl methyl sites for hydroxylation is 2. The number of hydrogen-bond donors (Lipinski definition) is 1. The monoisotopic (exact) mass is 282 g/mol. The Hall–Kier alpha value is -1.87. The van der Waals surface area contributed by atoms with Gasteiger partial charge >= 0.3 is 0 Å². The van der Waals surface area contributed by atoms with E-state index in [0.29, 0.717) is 6.42 Å². The molecule has 1 N–H and O–H groups in total. The molecule has 1 aliphatic rings. The highest BCUT2D eigenvalue weighted by atomic mass is 16.3. The van der Waals surface area contributed by atoms with Crippen LogP contribution in [0, 0.1) is 6.92 Å². The average Bonchev–Trinajstić information content (AvgIpc) is 2.53. The molecule has 3 rings (SSSR count). The molecular formula is C18H22N2O. The Labute approximate surface area is 126 Å². The van der Waals surface area contributed by atoms with Crippen LogP contribution in [0.3, 0.4) is 0 Å². The molecule has 0 saturated heterocycles. The number of rotatable bonds is 3. The van der Waals surface area contributed by atoms with Crippen molar-refractivity contribution < 1.29 is 5.11 Å². The van der Waals surface area contributed by atoms with Crippen LogP contribution in [-0.4, -0.2) is 16.6 Å². The minimum absolute atomic E-state index is 0.416. The Morgan fingerprint density at radius 1 is 1.33 bits per heavy atom. The van der Waals surface area contributed by atoms with Crippen LogP contribution in [0.25, 0.3) is 0 Å². The third kappa shape index (κ3) is 2.66. The maximum atomic E-state index is 10.0. The minimum Gasteiger partial charge on any atom is -0.388 e. The van der Waals surface area contributed by atoms with E-state index < -0.39 is 6.10 Å². The van der Waals surface area contributed by atoms with Crippen LogP contribution >= 0.6 is 0 Å². The van der Waals surface area contributed by atoms with Gasteiger partial charge in [0.25, 0.3) is 0 Å². The van der Waals surface area contributed by atoms with Gasteiger partial charge in [-0.25, -0.2) is 4.98 Å². The predicted molar refractivity (Wildman–Crippen MR) is 86.0 cm³/mol. The summed E-state index contributed by atoms with van der Waals surface area (Å²) in [5.74, 6) is 0.978. The molecule has 1 atom stereocenters. The molecule has 2 aromatic rings.